The van der Waals surface area contributed by atoms with Crippen LogP contribution in [-0.2, 0) is 6.42 Å². The van der Waals surface area contributed by atoms with Crippen LogP contribution < -0.4 is 10.6 Å². The van der Waals surface area contributed by atoms with Crippen LogP contribution in [0.15, 0.2) is 36.4 Å². The van der Waals surface area contributed by atoms with Gasteiger partial charge in [-0.05, 0) is 54.5 Å². The molecule has 0 fully saturated rings. The molecule has 0 aliphatic heterocycles. The van der Waals surface area contributed by atoms with Gasteiger partial charge in [0.1, 0.15) is 5.82 Å². The first-order valence-electron chi connectivity index (χ1n) is 6.46. The van der Waals surface area contributed by atoms with Gasteiger partial charge in [-0.3, -0.25) is 0 Å². The van der Waals surface area contributed by atoms with E-state index in [2.05, 4.69) is 10.6 Å². The van der Waals surface area contributed by atoms with E-state index >= 15 is 0 Å². The lowest BCUT2D eigenvalue weighted by Crippen LogP contribution is -2.30. The van der Waals surface area contributed by atoms with Crippen molar-refractivity contribution < 1.29 is 14.6 Å². The summed E-state index contributed by atoms with van der Waals surface area (Å²) >= 11 is 10.7. The van der Waals surface area contributed by atoms with Crippen molar-refractivity contribution in [2.45, 2.75) is 6.42 Å². The molecule has 0 radical (unpaired) electrons. The molecular formula is C15H14ClFN2O2S. The predicted octanol–water partition coefficient (Wildman–Crippen LogP) is 3.42. The van der Waals surface area contributed by atoms with Gasteiger partial charge in [0.15, 0.2) is 16.6 Å². The Hall–Kier alpha value is -2.05. The zero-order valence-electron chi connectivity index (χ0n) is 11.4. The fraction of sp³-hybridized carbons (Fsp3) is 0.133. The number of hydrogen-bond acceptors (Lipinski definition) is 3. The Bertz CT molecular complexity index is 697. The van der Waals surface area contributed by atoms with E-state index in [-0.39, 0.29) is 16.5 Å². The van der Waals surface area contributed by atoms with Crippen molar-refractivity contribution in [3.05, 3.63) is 52.8 Å². The second-order valence-electron chi connectivity index (χ2n) is 4.58. The summed E-state index contributed by atoms with van der Waals surface area (Å²) in [5.74, 6) is -0.831. The summed E-state index contributed by atoms with van der Waals surface area (Å²) in [5, 5.41) is 24.8. The van der Waals surface area contributed by atoms with Crippen molar-refractivity contribution in [1.82, 2.24) is 5.32 Å². The molecule has 0 aliphatic rings. The number of phenols is 2. The fourth-order valence-corrected chi connectivity index (χ4v) is 2.13. The van der Waals surface area contributed by atoms with Crippen molar-refractivity contribution in [3.8, 4) is 11.5 Å². The molecule has 0 amide bonds. The fourth-order valence-electron chi connectivity index (χ4n) is 1.79. The maximum absolute atomic E-state index is 13.3. The normalized spacial score (nSPS) is 10.3. The number of nitrogens with one attached hydrogen (secondary N) is 2. The van der Waals surface area contributed by atoms with E-state index < -0.39 is 5.82 Å². The number of aromatic hydroxyl groups is 2. The summed E-state index contributed by atoms with van der Waals surface area (Å²) in [6.45, 7) is 0.520. The van der Waals surface area contributed by atoms with Crippen molar-refractivity contribution in [3.63, 3.8) is 0 Å². The summed E-state index contributed by atoms with van der Waals surface area (Å²) in [7, 11) is 0. The molecule has 2 aromatic carbocycles. The highest BCUT2D eigenvalue weighted by Gasteiger charge is 2.04. The molecule has 0 unspecified atom stereocenters. The van der Waals surface area contributed by atoms with E-state index in [1.54, 1.807) is 12.1 Å². The van der Waals surface area contributed by atoms with Crippen molar-refractivity contribution in [2.24, 2.45) is 0 Å². The topological polar surface area (TPSA) is 64.5 Å². The lowest BCUT2D eigenvalue weighted by atomic mass is 10.1. The Labute approximate surface area is 137 Å². The highest BCUT2D eigenvalue weighted by atomic mass is 35.5. The molecule has 0 bridgehead atoms. The first-order chi connectivity index (χ1) is 10.5. The summed E-state index contributed by atoms with van der Waals surface area (Å²) in [6.07, 6.45) is 0.602. The largest absolute Gasteiger partial charge is 0.504 e. The van der Waals surface area contributed by atoms with Gasteiger partial charge in [0, 0.05) is 12.2 Å². The van der Waals surface area contributed by atoms with Crippen LogP contribution in [0.4, 0.5) is 10.1 Å². The Balaban J connectivity index is 1.82. The molecule has 7 heteroatoms. The van der Waals surface area contributed by atoms with Gasteiger partial charge in [0.05, 0.1) is 5.02 Å². The zero-order valence-corrected chi connectivity index (χ0v) is 13.0. The lowest BCUT2D eigenvalue weighted by molar-refractivity contribution is 0.403. The van der Waals surface area contributed by atoms with Gasteiger partial charge >= 0.3 is 0 Å². The molecule has 0 saturated heterocycles. The Kier molecular flexibility index (Phi) is 5.41. The Morgan fingerprint density at radius 1 is 1.14 bits per heavy atom. The lowest BCUT2D eigenvalue weighted by Gasteiger charge is -2.11. The van der Waals surface area contributed by atoms with Gasteiger partial charge in [0.25, 0.3) is 0 Å². The molecule has 0 aromatic heterocycles. The molecule has 0 atom stereocenters. The van der Waals surface area contributed by atoms with Crippen LogP contribution in [-0.4, -0.2) is 21.9 Å². The zero-order chi connectivity index (χ0) is 16.1. The van der Waals surface area contributed by atoms with Gasteiger partial charge in [-0.25, -0.2) is 4.39 Å². The van der Waals surface area contributed by atoms with Crippen LogP contribution in [0.3, 0.4) is 0 Å². The van der Waals surface area contributed by atoms with E-state index in [4.69, 9.17) is 23.8 Å². The third-order valence-electron chi connectivity index (χ3n) is 2.92. The molecule has 0 aliphatic carbocycles. The smallest absolute Gasteiger partial charge is 0.170 e. The monoisotopic (exact) mass is 340 g/mol. The highest BCUT2D eigenvalue weighted by molar-refractivity contribution is 7.80. The van der Waals surface area contributed by atoms with Crippen molar-refractivity contribution in [1.29, 1.82) is 0 Å². The van der Waals surface area contributed by atoms with E-state index in [0.717, 1.165) is 5.56 Å². The average molecular weight is 341 g/mol. The third kappa shape index (κ3) is 4.47. The average Bonchev–Trinajstić information content (AvgIpc) is 2.47. The molecule has 116 valence electrons. The standard InChI is InChI=1S/C15H14ClFN2O2S/c16-11-3-2-10(8-12(11)17)19-15(22)18-6-5-9-1-4-13(20)14(21)7-9/h1-4,7-8,20-21H,5-6H2,(H2,18,19,22). The van der Waals surface area contributed by atoms with E-state index in [0.29, 0.717) is 23.8 Å². The van der Waals surface area contributed by atoms with Crippen LogP contribution in [0, 0.1) is 5.82 Å². The molecule has 2 aromatic rings. The number of rotatable bonds is 4. The molecular weight excluding hydrogens is 327 g/mol. The molecule has 0 spiro atoms. The van der Waals surface area contributed by atoms with Crippen LogP contribution in [0.1, 0.15) is 5.56 Å². The van der Waals surface area contributed by atoms with Gasteiger partial charge < -0.3 is 20.8 Å². The molecule has 2 rings (SSSR count). The molecule has 0 saturated carbocycles. The minimum absolute atomic E-state index is 0.0524. The molecule has 22 heavy (non-hydrogen) atoms. The van der Waals surface area contributed by atoms with Gasteiger partial charge in [-0.1, -0.05) is 17.7 Å². The van der Waals surface area contributed by atoms with E-state index in [9.17, 15) is 14.6 Å². The SMILES string of the molecule is Oc1ccc(CCNC(=S)Nc2ccc(Cl)c(F)c2)cc1O. The van der Waals surface area contributed by atoms with Gasteiger partial charge in [-0.2, -0.15) is 0 Å². The van der Waals surface area contributed by atoms with Gasteiger partial charge in [0.2, 0.25) is 0 Å². The number of hydrogen-bond donors (Lipinski definition) is 4. The van der Waals surface area contributed by atoms with Crippen LogP contribution in [0.25, 0.3) is 0 Å². The quantitative estimate of drug-likeness (QED) is 0.507. The number of anilines is 1. The molecule has 4 N–H and O–H groups in total. The third-order valence-corrected chi connectivity index (χ3v) is 3.47. The minimum atomic E-state index is -0.519. The summed E-state index contributed by atoms with van der Waals surface area (Å²) in [6, 6.07) is 8.95. The first-order valence-corrected chi connectivity index (χ1v) is 7.25. The number of phenolic OH excluding ortho intramolecular Hbond substituents is 2. The number of halogens is 2. The predicted molar refractivity (Wildman–Crippen MR) is 89.1 cm³/mol. The van der Waals surface area contributed by atoms with Crippen LogP contribution in [0.2, 0.25) is 5.02 Å². The Morgan fingerprint density at radius 2 is 1.91 bits per heavy atom. The highest BCUT2D eigenvalue weighted by Crippen LogP contribution is 2.24. The van der Waals surface area contributed by atoms with Crippen LogP contribution in [0.5, 0.6) is 11.5 Å². The summed E-state index contributed by atoms with van der Waals surface area (Å²) < 4.78 is 13.3. The molecule has 4 nitrogen and oxygen atoms in total. The van der Waals surface area contributed by atoms with Crippen molar-refractivity contribution in [2.75, 3.05) is 11.9 Å². The maximum atomic E-state index is 13.3. The maximum Gasteiger partial charge on any atom is 0.170 e. The summed E-state index contributed by atoms with van der Waals surface area (Å²) in [4.78, 5) is 0. The van der Waals surface area contributed by atoms with E-state index in [1.807, 2.05) is 0 Å². The second kappa shape index (κ2) is 7.29. The Morgan fingerprint density at radius 3 is 2.59 bits per heavy atom. The number of benzene rings is 2. The summed E-state index contributed by atoms with van der Waals surface area (Å²) in [5.41, 5.74) is 1.35. The first kappa shape index (κ1) is 16.3. The van der Waals surface area contributed by atoms with Gasteiger partial charge in [-0.15, -0.1) is 0 Å². The van der Waals surface area contributed by atoms with Crippen LogP contribution >= 0.6 is 23.8 Å². The van der Waals surface area contributed by atoms with E-state index in [1.165, 1.54) is 24.3 Å². The van der Waals surface area contributed by atoms with Crippen molar-refractivity contribution >= 4 is 34.6 Å². The molecule has 0 heterocycles. The number of thiocarbonyl (C=S) groups is 1. The minimum Gasteiger partial charge on any atom is -0.504 e. The second-order valence-corrected chi connectivity index (χ2v) is 5.40.